The monoisotopic (exact) mass is 556 g/mol. The third kappa shape index (κ3) is 10.1. The van der Waals surface area contributed by atoms with Crippen molar-refractivity contribution < 1.29 is 27.6 Å². The lowest BCUT2D eigenvalue weighted by Crippen LogP contribution is -2.56. The van der Waals surface area contributed by atoms with Gasteiger partial charge in [-0.15, -0.1) is 0 Å². The Kier molecular flexibility index (Phi) is 9.84. The number of hydrogen-bond acceptors (Lipinski definition) is 4. The van der Waals surface area contributed by atoms with Crippen molar-refractivity contribution in [3.05, 3.63) is 69.7 Å². The van der Waals surface area contributed by atoms with Crippen molar-refractivity contribution in [3.8, 4) is 0 Å². The van der Waals surface area contributed by atoms with Gasteiger partial charge in [-0.25, -0.2) is 0 Å². The molecule has 0 heterocycles. The fraction of sp³-hybridized carbons (Fsp3) is 0.375. The van der Waals surface area contributed by atoms with Gasteiger partial charge in [0.1, 0.15) is 6.04 Å². The lowest BCUT2D eigenvalue weighted by Gasteiger charge is -2.26. The van der Waals surface area contributed by atoms with E-state index in [4.69, 9.17) is 0 Å². The van der Waals surface area contributed by atoms with Crippen molar-refractivity contribution in [1.29, 1.82) is 0 Å². The predicted octanol–water partition coefficient (Wildman–Crippen LogP) is 3.39. The molecule has 0 aromatic heterocycles. The Labute approximate surface area is 210 Å². The minimum atomic E-state index is -4.59. The van der Waals surface area contributed by atoms with Crippen molar-refractivity contribution in [2.45, 2.75) is 45.1 Å². The fourth-order valence-electron chi connectivity index (χ4n) is 2.97. The second-order valence-corrected chi connectivity index (χ2v) is 9.79. The molecule has 7 nitrogen and oxygen atoms in total. The Bertz CT molecular complexity index is 1040. The number of nitrogens with one attached hydrogen (secondary N) is 4. The molecule has 2 aromatic carbocycles. The topological polar surface area (TPSA) is 99.3 Å². The summed E-state index contributed by atoms with van der Waals surface area (Å²) in [6, 6.07) is 10.5. The Morgan fingerprint density at radius 2 is 1.66 bits per heavy atom. The number of hydrogen-bond donors (Lipinski definition) is 4. The van der Waals surface area contributed by atoms with Crippen molar-refractivity contribution in [2.75, 3.05) is 13.1 Å². The Hall–Kier alpha value is -2.92. The lowest BCUT2D eigenvalue weighted by atomic mass is 10.1. The standard InChI is InChI=1S/C24H28BrF3N4O3/c1-23(2,3)32-22(35)19(13-29-12-15-7-9-18(25)10-8-15)31-20(33)14-30-21(34)16-5-4-6-17(11-16)24(26,27)28/h4-11,19,29H,12-14H2,1-3H3,(H,30,34)(H,31,33)(H,32,35)/t19-/m0/s1. The van der Waals surface area contributed by atoms with Crippen LogP contribution in [0.3, 0.4) is 0 Å². The smallest absolute Gasteiger partial charge is 0.350 e. The number of rotatable bonds is 9. The molecule has 0 aliphatic heterocycles. The maximum atomic E-state index is 12.9. The molecule has 0 radical (unpaired) electrons. The van der Waals surface area contributed by atoms with Crippen LogP contribution in [0.5, 0.6) is 0 Å². The van der Waals surface area contributed by atoms with Gasteiger partial charge in [-0.3, -0.25) is 14.4 Å². The fourth-order valence-corrected chi connectivity index (χ4v) is 3.24. The zero-order chi connectivity index (χ0) is 26.2. The maximum absolute atomic E-state index is 12.9. The Morgan fingerprint density at radius 3 is 2.26 bits per heavy atom. The van der Waals surface area contributed by atoms with Crippen LogP contribution in [0.4, 0.5) is 13.2 Å². The highest BCUT2D eigenvalue weighted by Crippen LogP contribution is 2.29. The number of amides is 3. The number of halogens is 4. The first-order chi connectivity index (χ1) is 16.2. The van der Waals surface area contributed by atoms with E-state index in [9.17, 15) is 27.6 Å². The van der Waals surface area contributed by atoms with E-state index in [1.165, 1.54) is 6.07 Å². The van der Waals surface area contributed by atoms with Gasteiger partial charge in [0.05, 0.1) is 12.1 Å². The molecular formula is C24H28BrF3N4O3. The van der Waals surface area contributed by atoms with E-state index in [-0.39, 0.29) is 12.1 Å². The van der Waals surface area contributed by atoms with Gasteiger partial charge in [0.2, 0.25) is 11.8 Å². The number of alkyl halides is 3. The molecule has 3 amide bonds. The predicted molar refractivity (Wildman–Crippen MR) is 129 cm³/mol. The van der Waals surface area contributed by atoms with E-state index in [0.29, 0.717) is 12.6 Å². The highest BCUT2D eigenvalue weighted by Gasteiger charge is 2.31. The van der Waals surface area contributed by atoms with E-state index in [2.05, 4.69) is 37.2 Å². The quantitative estimate of drug-likeness (QED) is 0.380. The van der Waals surface area contributed by atoms with Gasteiger partial charge in [-0.2, -0.15) is 13.2 Å². The van der Waals surface area contributed by atoms with Crippen LogP contribution < -0.4 is 21.3 Å². The maximum Gasteiger partial charge on any atom is 0.416 e. The molecule has 1 atom stereocenters. The summed E-state index contributed by atoms with van der Waals surface area (Å²) < 4.78 is 39.5. The zero-order valence-corrected chi connectivity index (χ0v) is 21.1. The molecule has 0 unspecified atom stereocenters. The molecule has 0 aliphatic rings. The lowest BCUT2D eigenvalue weighted by molar-refractivity contribution is -0.137. The molecule has 0 aliphatic carbocycles. The molecule has 0 saturated heterocycles. The minimum Gasteiger partial charge on any atom is -0.350 e. The Morgan fingerprint density at radius 1 is 1.00 bits per heavy atom. The van der Waals surface area contributed by atoms with Crippen molar-refractivity contribution in [2.24, 2.45) is 0 Å². The van der Waals surface area contributed by atoms with Crippen LogP contribution in [0, 0.1) is 0 Å². The van der Waals surface area contributed by atoms with E-state index in [1.807, 2.05) is 24.3 Å². The van der Waals surface area contributed by atoms with Crippen LogP contribution in [0.1, 0.15) is 42.3 Å². The third-order valence-corrected chi connectivity index (χ3v) is 5.13. The summed E-state index contributed by atoms with van der Waals surface area (Å²) >= 11 is 3.36. The van der Waals surface area contributed by atoms with Gasteiger partial charge in [0.15, 0.2) is 0 Å². The van der Waals surface area contributed by atoms with Crippen LogP contribution in [-0.2, 0) is 22.3 Å². The van der Waals surface area contributed by atoms with Gasteiger partial charge in [-0.1, -0.05) is 34.1 Å². The average Bonchev–Trinajstić information content (AvgIpc) is 2.76. The zero-order valence-electron chi connectivity index (χ0n) is 19.6. The first kappa shape index (κ1) is 28.3. The average molecular weight is 557 g/mol. The molecular weight excluding hydrogens is 529 g/mol. The normalized spacial score (nSPS) is 12.5. The molecule has 0 saturated carbocycles. The third-order valence-electron chi connectivity index (χ3n) is 4.60. The van der Waals surface area contributed by atoms with Gasteiger partial charge < -0.3 is 21.3 Å². The molecule has 11 heteroatoms. The number of carbonyl (C=O) groups is 3. The molecule has 35 heavy (non-hydrogen) atoms. The van der Waals surface area contributed by atoms with Gasteiger partial charge in [-0.05, 0) is 56.7 Å². The SMILES string of the molecule is CC(C)(C)NC(=O)[C@H](CNCc1ccc(Br)cc1)NC(=O)CNC(=O)c1cccc(C(F)(F)F)c1. The van der Waals surface area contributed by atoms with E-state index < -0.39 is 47.6 Å². The van der Waals surface area contributed by atoms with Crippen LogP contribution in [0.25, 0.3) is 0 Å². The highest BCUT2D eigenvalue weighted by molar-refractivity contribution is 9.10. The summed E-state index contributed by atoms with van der Waals surface area (Å²) in [6.45, 7) is 5.46. The van der Waals surface area contributed by atoms with Crippen LogP contribution in [0.2, 0.25) is 0 Å². The van der Waals surface area contributed by atoms with Crippen LogP contribution in [-0.4, -0.2) is 42.4 Å². The second-order valence-electron chi connectivity index (χ2n) is 8.88. The van der Waals surface area contributed by atoms with Crippen molar-refractivity contribution >= 4 is 33.7 Å². The molecule has 4 N–H and O–H groups in total. The largest absolute Gasteiger partial charge is 0.416 e. The van der Waals surface area contributed by atoms with E-state index >= 15 is 0 Å². The van der Waals surface area contributed by atoms with E-state index in [0.717, 1.165) is 22.2 Å². The molecule has 2 rings (SSSR count). The molecule has 190 valence electrons. The highest BCUT2D eigenvalue weighted by atomic mass is 79.9. The van der Waals surface area contributed by atoms with Gasteiger partial charge >= 0.3 is 6.18 Å². The summed E-state index contributed by atoms with van der Waals surface area (Å²) in [7, 11) is 0. The van der Waals surface area contributed by atoms with E-state index in [1.54, 1.807) is 20.8 Å². The second kappa shape index (κ2) is 12.2. The van der Waals surface area contributed by atoms with Gasteiger partial charge in [0.25, 0.3) is 5.91 Å². The minimum absolute atomic E-state index is 0.116. The summed E-state index contributed by atoms with van der Waals surface area (Å²) in [6.07, 6.45) is -4.59. The molecule has 0 bridgehead atoms. The summed E-state index contributed by atoms with van der Waals surface area (Å²) in [5.41, 5.74) is -0.761. The van der Waals surface area contributed by atoms with Crippen molar-refractivity contribution in [1.82, 2.24) is 21.3 Å². The molecule has 0 spiro atoms. The summed E-state index contributed by atoms with van der Waals surface area (Å²) in [4.78, 5) is 37.4. The first-order valence-corrected chi connectivity index (χ1v) is 11.6. The number of benzene rings is 2. The summed E-state index contributed by atoms with van der Waals surface area (Å²) in [5.74, 6) is -1.92. The molecule has 0 fully saturated rings. The molecule has 2 aromatic rings. The first-order valence-electron chi connectivity index (χ1n) is 10.8. The van der Waals surface area contributed by atoms with Crippen molar-refractivity contribution in [3.63, 3.8) is 0 Å². The number of carbonyl (C=O) groups excluding carboxylic acids is 3. The summed E-state index contributed by atoms with van der Waals surface area (Å²) in [5, 5.41) is 10.8. The van der Waals surface area contributed by atoms with Gasteiger partial charge in [0, 0.05) is 28.7 Å². The van der Waals surface area contributed by atoms with Crippen LogP contribution in [0.15, 0.2) is 53.0 Å². The van der Waals surface area contributed by atoms with Crippen LogP contribution >= 0.6 is 15.9 Å². The Balaban J connectivity index is 1.97.